The van der Waals surface area contributed by atoms with Crippen LogP contribution in [0.25, 0.3) is 0 Å². The molecule has 0 spiro atoms. The zero-order valence-electron chi connectivity index (χ0n) is 10.9. The van der Waals surface area contributed by atoms with Crippen LogP contribution in [-0.2, 0) is 10.2 Å². The Morgan fingerprint density at radius 2 is 2.21 bits per heavy atom. The summed E-state index contributed by atoms with van der Waals surface area (Å²) in [6, 6.07) is 8.31. The molecule has 1 heterocycles. The highest BCUT2D eigenvalue weighted by molar-refractivity contribution is 9.10. The maximum Gasteiger partial charge on any atom is 0.233 e. The number of benzene rings is 1. The zero-order valence-corrected chi connectivity index (χ0v) is 12.5. The molecule has 3 rings (SSSR count). The highest BCUT2D eigenvalue weighted by atomic mass is 79.9. The monoisotopic (exact) mass is 322 g/mol. The quantitative estimate of drug-likeness (QED) is 0.909. The van der Waals surface area contributed by atoms with Gasteiger partial charge < -0.3 is 10.6 Å². The first kappa shape index (κ1) is 13.1. The largest absolute Gasteiger partial charge is 0.340 e. The van der Waals surface area contributed by atoms with Gasteiger partial charge in [0.1, 0.15) is 0 Å². The Hall–Kier alpha value is -0.870. The topological polar surface area (TPSA) is 46.3 Å². The molecule has 1 aromatic rings. The van der Waals surface area contributed by atoms with Crippen LogP contribution in [0.1, 0.15) is 31.2 Å². The Bertz CT molecular complexity index is 499. The minimum absolute atomic E-state index is 0.149. The van der Waals surface area contributed by atoms with Crippen LogP contribution in [0.3, 0.4) is 0 Å². The number of amides is 1. The second kappa shape index (κ2) is 4.91. The van der Waals surface area contributed by atoms with Gasteiger partial charge in [0.15, 0.2) is 0 Å². The third kappa shape index (κ3) is 2.43. The van der Waals surface area contributed by atoms with Gasteiger partial charge in [0.25, 0.3) is 0 Å². The van der Waals surface area contributed by atoms with E-state index >= 15 is 0 Å². The normalized spacial score (nSPS) is 25.2. The highest BCUT2D eigenvalue weighted by Crippen LogP contribution is 2.50. The zero-order chi connectivity index (χ0) is 13.5. The van der Waals surface area contributed by atoms with Crippen molar-refractivity contribution in [3.05, 3.63) is 34.3 Å². The SMILES string of the molecule is NC1CCCN(C(=O)C2(c3cccc(Br)c3)CC2)C1. The van der Waals surface area contributed by atoms with E-state index < -0.39 is 0 Å². The van der Waals surface area contributed by atoms with E-state index in [4.69, 9.17) is 5.73 Å². The Kier molecular flexibility index (Phi) is 3.39. The fourth-order valence-electron chi connectivity index (χ4n) is 3.03. The van der Waals surface area contributed by atoms with E-state index in [1.807, 2.05) is 17.0 Å². The van der Waals surface area contributed by atoms with E-state index in [1.54, 1.807) is 0 Å². The van der Waals surface area contributed by atoms with Crippen LogP contribution in [0, 0.1) is 0 Å². The summed E-state index contributed by atoms with van der Waals surface area (Å²) in [5.41, 5.74) is 6.87. The van der Waals surface area contributed by atoms with E-state index in [0.717, 1.165) is 42.3 Å². The van der Waals surface area contributed by atoms with Gasteiger partial charge in [-0.1, -0.05) is 28.1 Å². The Morgan fingerprint density at radius 1 is 1.42 bits per heavy atom. The summed E-state index contributed by atoms with van der Waals surface area (Å²) in [6.07, 6.45) is 4.00. The van der Waals surface area contributed by atoms with Crippen LogP contribution in [0.15, 0.2) is 28.7 Å². The molecule has 1 aromatic carbocycles. The molecule has 1 aliphatic heterocycles. The predicted molar refractivity (Wildman–Crippen MR) is 78.8 cm³/mol. The lowest BCUT2D eigenvalue weighted by Gasteiger charge is -2.33. The van der Waals surface area contributed by atoms with Crippen LogP contribution in [-0.4, -0.2) is 29.9 Å². The molecule has 1 atom stereocenters. The van der Waals surface area contributed by atoms with Gasteiger partial charge in [-0.05, 0) is 43.4 Å². The lowest BCUT2D eigenvalue weighted by molar-refractivity contribution is -0.135. The number of nitrogens with zero attached hydrogens (tertiary/aromatic N) is 1. The summed E-state index contributed by atoms with van der Waals surface area (Å²) in [5.74, 6) is 0.278. The van der Waals surface area contributed by atoms with Crippen LogP contribution < -0.4 is 5.73 Å². The predicted octanol–water partition coefficient (Wildman–Crippen LogP) is 2.43. The summed E-state index contributed by atoms with van der Waals surface area (Å²) in [7, 11) is 0. The van der Waals surface area contributed by atoms with Crippen molar-refractivity contribution in [3.8, 4) is 0 Å². The Morgan fingerprint density at radius 3 is 2.84 bits per heavy atom. The van der Waals surface area contributed by atoms with Gasteiger partial charge in [-0.2, -0.15) is 0 Å². The molecule has 0 bridgehead atoms. The molecular formula is C15H19BrN2O. The molecule has 2 N–H and O–H groups in total. The highest BCUT2D eigenvalue weighted by Gasteiger charge is 2.53. The average molecular weight is 323 g/mol. The molecule has 1 amide bonds. The summed E-state index contributed by atoms with van der Waals surface area (Å²) in [4.78, 5) is 14.8. The second-order valence-corrected chi connectivity index (χ2v) is 6.66. The molecule has 102 valence electrons. The van der Waals surface area contributed by atoms with E-state index in [1.165, 1.54) is 0 Å². The number of halogens is 1. The molecule has 3 nitrogen and oxygen atoms in total. The minimum atomic E-state index is -0.263. The molecule has 2 fully saturated rings. The summed E-state index contributed by atoms with van der Waals surface area (Å²) < 4.78 is 1.04. The van der Waals surface area contributed by atoms with Crippen molar-refractivity contribution in [1.82, 2.24) is 4.90 Å². The van der Waals surface area contributed by atoms with Gasteiger partial charge in [0.2, 0.25) is 5.91 Å². The number of carbonyl (C=O) groups is 1. The smallest absolute Gasteiger partial charge is 0.233 e. The van der Waals surface area contributed by atoms with Crippen LogP contribution in [0.2, 0.25) is 0 Å². The standard InChI is InChI=1S/C15H19BrN2O/c16-12-4-1-3-11(9-12)15(6-7-15)14(19)18-8-2-5-13(17)10-18/h1,3-4,9,13H,2,5-8,10,17H2. The number of likely N-dealkylation sites (tertiary alicyclic amines) is 1. The second-order valence-electron chi connectivity index (χ2n) is 5.75. The molecule has 0 aromatic heterocycles. The molecular weight excluding hydrogens is 304 g/mol. The maximum absolute atomic E-state index is 12.8. The van der Waals surface area contributed by atoms with Crippen molar-refractivity contribution < 1.29 is 4.79 Å². The van der Waals surface area contributed by atoms with E-state index in [2.05, 4.69) is 28.1 Å². The van der Waals surface area contributed by atoms with Gasteiger partial charge in [-0.3, -0.25) is 4.79 Å². The first-order valence-electron chi connectivity index (χ1n) is 6.93. The van der Waals surface area contributed by atoms with Crippen LogP contribution in [0.5, 0.6) is 0 Å². The van der Waals surface area contributed by atoms with Gasteiger partial charge in [-0.15, -0.1) is 0 Å². The lowest BCUT2D eigenvalue weighted by Crippen LogP contribution is -2.49. The fourth-order valence-corrected chi connectivity index (χ4v) is 3.43. The fraction of sp³-hybridized carbons (Fsp3) is 0.533. The number of hydrogen-bond donors (Lipinski definition) is 1. The molecule has 1 aliphatic carbocycles. The molecule has 19 heavy (non-hydrogen) atoms. The first-order valence-corrected chi connectivity index (χ1v) is 7.72. The van der Waals surface area contributed by atoms with Gasteiger partial charge in [0, 0.05) is 23.6 Å². The summed E-state index contributed by atoms with van der Waals surface area (Å²) in [6.45, 7) is 1.58. The van der Waals surface area contributed by atoms with Crippen molar-refractivity contribution in [3.63, 3.8) is 0 Å². The summed E-state index contributed by atoms with van der Waals surface area (Å²) >= 11 is 3.49. The van der Waals surface area contributed by atoms with Crippen molar-refractivity contribution >= 4 is 21.8 Å². The molecule has 1 saturated heterocycles. The number of nitrogens with two attached hydrogens (primary N) is 1. The van der Waals surface area contributed by atoms with Gasteiger partial charge in [0.05, 0.1) is 5.41 Å². The number of carbonyl (C=O) groups excluding carboxylic acids is 1. The summed E-state index contributed by atoms with van der Waals surface area (Å²) in [5, 5.41) is 0. The Balaban J connectivity index is 1.82. The van der Waals surface area contributed by atoms with Gasteiger partial charge >= 0.3 is 0 Å². The number of rotatable bonds is 2. The third-order valence-corrected chi connectivity index (χ3v) is 4.77. The lowest BCUT2D eigenvalue weighted by atomic mass is 9.93. The molecule has 2 aliphatic rings. The minimum Gasteiger partial charge on any atom is -0.340 e. The number of hydrogen-bond acceptors (Lipinski definition) is 2. The van der Waals surface area contributed by atoms with Crippen molar-refractivity contribution in [2.75, 3.05) is 13.1 Å². The molecule has 4 heteroatoms. The van der Waals surface area contributed by atoms with E-state index in [-0.39, 0.29) is 17.4 Å². The first-order chi connectivity index (χ1) is 9.12. The average Bonchev–Trinajstić information content (AvgIpc) is 3.19. The van der Waals surface area contributed by atoms with Crippen LogP contribution >= 0.6 is 15.9 Å². The molecule has 0 radical (unpaired) electrons. The van der Waals surface area contributed by atoms with Crippen molar-refractivity contribution in [1.29, 1.82) is 0 Å². The van der Waals surface area contributed by atoms with Gasteiger partial charge in [-0.25, -0.2) is 0 Å². The Labute approximate surface area is 122 Å². The van der Waals surface area contributed by atoms with E-state index in [0.29, 0.717) is 6.54 Å². The number of piperidine rings is 1. The maximum atomic E-state index is 12.8. The molecule has 1 unspecified atom stereocenters. The van der Waals surface area contributed by atoms with Crippen molar-refractivity contribution in [2.45, 2.75) is 37.1 Å². The third-order valence-electron chi connectivity index (χ3n) is 4.28. The molecule has 1 saturated carbocycles. The van der Waals surface area contributed by atoms with Crippen molar-refractivity contribution in [2.24, 2.45) is 5.73 Å². The van der Waals surface area contributed by atoms with Crippen LogP contribution in [0.4, 0.5) is 0 Å². The van der Waals surface area contributed by atoms with E-state index in [9.17, 15) is 4.79 Å².